The maximum Gasteiger partial charge on any atom is 0.205 e. The van der Waals surface area contributed by atoms with Gasteiger partial charge in [-0.2, -0.15) is 0 Å². The van der Waals surface area contributed by atoms with E-state index in [0.29, 0.717) is 0 Å². The van der Waals surface area contributed by atoms with E-state index in [0.717, 1.165) is 0 Å². The fraction of sp³-hybridized carbons (Fsp3) is 0.0513. The van der Waals surface area contributed by atoms with Crippen molar-refractivity contribution in [3.05, 3.63) is 28.9 Å². The van der Waals surface area contributed by atoms with Crippen molar-refractivity contribution < 1.29 is 112 Å². The van der Waals surface area contributed by atoms with Crippen LogP contribution < -0.4 is 16.4 Å². The van der Waals surface area contributed by atoms with Crippen LogP contribution in [0, 0.1) is 0 Å². The average molecular weight is 951 g/mol. The number of nitrogens with zero attached hydrogens (tertiary/aromatic N) is 3. The van der Waals surface area contributed by atoms with E-state index in [4.69, 9.17) is 23.5 Å². The van der Waals surface area contributed by atoms with Gasteiger partial charge in [0.05, 0.1) is 37.0 Å². The minimum Gasteiger partial charge on any atom is -0.508 e. The zero-order valence-electron chi connectivity index (χ0n) is 33.0. The Hall–Kier alpha value is -9.24. The highest BCUT2D eigenvalue weighted by molar-refractivity contribution is 7.27. The van der Waals surface area contributed by atoms with Gasteiger partial charge in [-0.15, -0.1) is 11.3 Å². The van der Waals surface area contributed by atoms with Crippen LogP contribution in [-0.4, -0.2) is 157 Å². The highest BCUT2D eigenvalue weighted by Gasteiger charge is 2.42. The van der Waals surface area contributed by atoms with Crippen LogP contribution in [0.3, 0.4) is 0 Å². The molecule has 0 amide bonds. The minimum atomic E-state index is -2.49. The number of phenolic OH excluding ortho intramolecular Hbond substituents is 17. The van der Waals surface area contributed by atoms with E-state index >= 15 is 0 Å². The van der Waals surface area contributed by atoms with Crippen molar-refractivity contribution in [2.75, 3.05) is 0 Å². The highest BCUT2D eigenvalue weighted by atomic mass is 32.1. The van der Waals surface area contributed by atoms with Crippen LogP contribution in [0.1, 0.15) is 11.7 Å². The van der Waals surface area contributed by atoms with E-state index < -0.39 is 220 Å². The lowest BCUT2D eigenvalue weighted by Crippen LogP contribution is -2.31. The van der Waals surface area contributed by atoms with Gasteiger partial charge in [-0.1, -0.05) is 0 Å². The van der Waals surface area contributed by atoms with Gasteiger partial charge in [-0.05, 0) is 16.4 Å². The van der Waals surface area contributed by atoms with Gasteiger partial charge in [-0.3, -0.25) is 0 Å². The van der Waals surface area contributed by atoms with Gasteiger partial charge < -0.3 is 112 Å². The van der Waals surface area contributed by atoms with Crippen molar-refractivity contribution in [3.63, 3.8) is 0 Å². The fourth-order valence-corrected chi connectivity index (χ4v) is 8.95. The van der Waals surface area contributed by atoms with Crippen molar-refractivity contribution in [2.24, 2.45) is 0 Å². The highest BCUT2D eigenvalue weighted by Crippen LogP contribution is 2.63. The molecular formula is C39H24B3N3O22S. The number of fused-ring (bicyclic) bond motifs is 3. The van der Waals surface area contributed by atoms with Crippen LogP contribution in [0.15, 0.2) is 23.0 Å². The summed E-state index contributed by atoms with van der Waals surface area (Å²) < 4.78 is -1.32. The van der Waals surface area contributed by atoms with Crippen LogP contribution in [0.2, 0.25) is 0 Å². The number of aromatic hydroxyl groups is 17. The maximum atomic E-state index is 12.1. The smallest absolute Gasteiger partial charge is 0.205 e. The van der Waals surface area contributed by atoms with E-state index in [9.17, 15) is 112 Å². The quantitative estimate of drug-likeness (QED) is 0.0630. The first kappa shape index (κ1) is 45.3. The normalized spacial score (nSPS) is 15.2. The average Bonchev–Trinajstić information content (AvgIpc) is 3.70. The van der Waals surface area contributed by atoms with Crippen molar-refractivity contribution in [3.8, 4) is 143 Å². The Morgan fingerprint density at radius 3 is 1.26 bits per heavy atom. The van der Waals surface area contributed by atoms with Crippen molar-refractivity contribution >= 4 is 71.4 Å². The number of aliphatic hydroxyl groups excluding tert-OH is 5. The number of thiophene rings is 1. The lowest BCUT2D eigenvalue weighted by atomic mass is 9.85. The number of aromatic nitrogens is 3. The molecule has 0 aliphatic heterocycles. The van der Waals surface area contributed by atoms with E-state index in [2.05, 4.69) is 15.0 Å². The molecule has 342 valence electrons. The summed E-state index contributed by atoms with van der Waals surface area (Å²) in [6.07, 6.45) is -2.49. The zero-order valence-corrected chi connectivity index (χ0v) is 33.8. The Kier molecular flexibility index (Phi) is 9.93. The molecule has 5 aromatic carbocycles. The molecule has 25 nitrogen and oxygen atoms in total. The summed E-state index contributed by atoms with van der Waals surface area (Å²) in [6, 6.07) is 0. The largest absolute Gasteiger partial charge is 0.508 e. The standard InChI is InChI=1S/C39H24B3N3O22S/c40-10-7(21(54)30(63)33(66)25(10)58)37-43-38(45-39(44-37)9-23(56)31(64)34(67)32(65)24(9)57)8-13(46)1(18(51)28(61)22(8)55)3-14(47)11(41)15(48)5-6-20(53)29(62)19(52)4(36(6)68-35(3)5)2-16(49)26(59)12(42)27(60)17(2)50/h9,23,46-67H. The molecule has 7 aromatic rings. The van der Waals surface area contributed by atoms with Gasteiger partial charge >= 0.3 is 0 Å². The van der Waals surface area contributed by atoms with Crippen molar-refractivity contribution in [1.29, 1.82) is 0 Å². The van der Waals surface area contributed by atoms with Gasteiger partial charge in [0.2, 0.25) is 28.8 Å². The third kappa shape index (κ3) is 5.78. The first-order chi connectivity index (χ1) is 31.7. The molecule has 0 bridgehead atoms. The second-order valence-electron chi connectivity index (χ2n) is 14.7. The topological polar surface area (TPSA) is 484 Å². The van der Waals surface area contributed by atoms with Gasteiger partial charge in [-0.25, -0.2) is 15.0 Å². The molecule has 0 saturated heterocycles. The predicted molar refractivity (Wildman–Crippen MR) is 232 cm³/mol. The van der Waals surface area contributed by atoms with Gasteiger partial charge in [0.1, 0.15) is 64.2 Å². The first-order valence-electron chi connectivity index (χ1n) is 18.3. The minimum absolute atomic E-state index is 0.197. The van der Waals surface area contributed by atoms with E-state index in [1.807, 2.05) is 0 Å². The van der Waals surface area contributed by atoms with E-state index in [1.54, 1.807) is 0 Å². The lowest BCUT2D eigenvalue weighted by molar-refractivity contribution is 0.0881. The number of rotatable bonds is 5. The molecule has 0 fully saturated rings. The number of phenols is 17. The van der Waals surface area contributed by atoms with Crippen molar-refractivity contribution in [1.82, 2.24) is 15.0 Å². The zero-order chi connectivity index (χ0) is 50.3. The molecule has 0 saturated carbocycles. The number of aliphatic hydroxyl groups is 5. The molecule has 2 aromatic heterocycles. The summed E-state index contributed by atoms with van der Waals surface area (Å²) >= 11 is 0.197. The first-order valence-corrected chi connectivity index (χ1v) is 19.1. The Bertz CT molecular complexity index is 3500. The van der Waals surface area contributed by atoms with Gasteiger partial charge in [0.15, 0.2) is 86.4 Å². The number of benzene rings is 5. The van der Waals surface area contributed by atoms with E-state index in [1.165, 1.54) is 0 Å². The number of hydrogen-bond donors (Lipinski definition) is 22. The molecule has 2 atom stereocenters. The Balaban J connectivity index is 1.53. The molecule has 6 radical (unpaired) electrons. The molecular weight excluding hydrogens is 927 g/mol. The Morgan fingerprint density at radius 1 is 0.324 bits per heavy atom. The summed E-state index contributed by atoms with van der Waals surface area (Å²) in [6.45, 7) is 0. The molecule has 2 unspecified atom stereocenters. The molecule has 1 aliphatic rings. The van der Waals surface area contributed by atoms with Crippen LogP contribution in [0.4, 0.5) is 0 Å². The molecule has 68 heavy (non-hydrogen) atoms. The lowest BCUT2D eigenvalue weighted by Gasteiger charge is -2.26. The van der Waals surface area contributed by atoms with Crippen LogP contribution in [0.25, 0.3) is 65.2 Å². The molecule has 0 spiro atoms. The third-order valence-electron chi connectivity index (χ3n) is 11.0. The molecule has 8 rings (SSSR count). The summed E-state index contributed by atoms with van der Waals surface area (Å²) in [7, 11) is 17.5. The van der Waals surface area contributed by atoms with Crippen molar-refractivity contribution in [2.45, 2.75) is 12.0 Å². The molecule has 1 aliphatic carbocycles. The Morgan fingerprint density at radius 2 is 0.691 bits per heavy atom. The molecule has 29 heteroatoms. The predicted octanol–water partition coefficient (Wildman–Crippen LogP) is 0.397. The van der Waals surface area contributed by atoms with Crippen LogP contribution >= 0.6 is 11.3 Å². The van der Waals surface area contributed by atoms with E-state index in [-0.39, 0.29) is 11.3 Å². The summed E-state index contributed by atoms with van der Waals surface area (Å²) in [4.78, 5) is 11.8. The summed E-state index contributed by atoms with van der Waals surface area (Å²) in [5, 5.41) is 238. The van der Waals surface area contributed by atoms with Crippen LogP contribution in [0.5, 0.6) is 97.7 Å². The fourth-order valence-electron chi connectivity index (χ4n) is 7.54. The van der Waals surface area contributed by atoms with Gasteiger partial charge in [0, 0.05) is 10.9 Å². The molecule has 22 N–H and O–H groups in total. The SMILES string of the molecule is [B]c1c(O)c(O)c(-c2c(O)c(O)c(O)c3c2sc2c(-c4c(O)c(O)c(O)c(-c5nc(-c6c([B])c(O)c(O)c(O)c6O)nc(C6C(O)=C(O)C(O)=C(O)C6O)n5)c4O)c(O)c([B])c(O)c23)c(O)c1O. The Labute approximate surface area is 381 Å². The monoisotopic (exact) mass is 951 g/mol. The summed E-state index contributed by atoms with van der Waals surface area (Å²) in [5.74, 6) is -35.2. The summed E-state index contributed by atoms with van der Waals surface area (Å²) in [5.41, 5.74) is -9.63. The van der Waals surface area contributed by atoms with Gasteiger partial charge in [0.25, 0.3) is 0 Å². The third-order valence-corrected chi connectivity index (χ3v) is 12.2. The second-order valence-corrected chi connectivity index (χ2v) is 15.7. The molecule has 2 heterocycles. The maximum absolute atomic E-state index is 12.1. The number of hydrogen-bond acceptors (Lipinski definition) is 26. The second kappa shape index (κ2) is 14.9. The van der Waals surface area contributed by atoms with Crippen LogP contribution in [-0.2, 0) is 0 Å².